The first-order valence-electron chi connectivity index (χ1n) is 6.39. The SMILES string of the molecule is CCC1CNC(C)(C)CN1c1ccc(F)c(F)c1. The molecule has 1 aliphatic rings. The number of benzene rings is 1. The number of hydrogen-bond acceptors (Lipinski definition) is 2. The van der Waals surface area contributed by atoms with Crippen LogP contribution in [0.4, 0.5) is 14.5 Å². The van der Waals surface area contributed by atoms with E-state index in [1.807, 2.05) is 0 Å². The summed E-state index contributed by atoms with van der Waals surface area (Å²) < 4.78 is 26.3. The van der Waals surface area contributed by atoms with Crippen LogP contribution in [0.25, 0.3) is 0 Å². The minimum atomic E-state index is -0.791. The maximum absolute atomic E-state index is 13.3. The predicted octanol–water partition coefficient (Wildman–Crippen LogP) is 2.93. The number of hydrogen-bond donors (Lipinski definition) is 1. The third-order valence-corrected chi connectivity index (χ3v) is 3.53. The number of halogens is 2. The molecule has 1 N–H and O–H groups in total. The first-order chi connectivity index (χ1) is 8.43. The van der Waals surface area contributed by atoms with Crippen molar-refractivity contribution in [1.82, 2.24) is 5.32 Å². The van der Waals surface area contributed by atoms with Gasteiger partial charge in [-0.25, -0.2) is 8.78 Å². The second-order valence-corrected chi connectivity index (χ2v) is 5.55. The topological polar surface area (TPSA) is 15.3 Å². The van der Waals surface area contributed by atoms with Gasteiger partial charge in [0.25, 0.3) is 0 Å². The quantitative estimate of drug-likeness (QED) is 0.873. The van der Waals surface area contributed by atoms with Gasteiger partial charge < -0.3 is 10.2 Å². The van der Waals surface area contributed by atoms with Crippen molar-refractivity contribution in [3.05, 3.63) is 29.8 Å². The highest BCUT2D eigenvalue weighted by atomic mass is 19.2. The highest BCUT2D eigenvalue weighted by Crippen LogP contribution is 2.26. The van der Waals surface area contributed by atoms with Crippen molar-refractivity contribution in [3.8, 4) is 0 Å². The Hall–Kier alpha value is -1.16. The molecule has 2 nitrogen and oxygen atoms in total. The maximum atomic E-state index is 13.3. The number of nitrogens with one attached hydrogen (secondary N) is 1. The first-order valence-corrected chi connectivity index (χ1v) is 6.39. The molecule has 1 heterocycles. The van der Waals surface area contributed by atoms with Crippen molar-refractivity contribution in [3.63, 3.8) is 0 Å². The highest BCUT2D eigenvalue weighted by Gasteiger charge is 2.31. The Morgan fingerprint density at radius 2 is 2.06 bits per heavy atom. The highest BCUT2D eigenvalue weighted by molar-refractivity contribution is 5.49. The van der Waals surface area contributed by atoms with E-state index in [0.29, 0.717) is 6.04 Å². The number of piperazine rings is 1. The molecule has 1 aromatic carbocycles. The molecule has 1 aliphatic heterocycles. The van der Waals surface area contributed by atoms with Gasteiger partial charge in [0.2, 0.25) is 0 Å². The van der Waals surface area contributed by atoms with Crippen molar-refractivity contribution in [1.29, 1.82) is 0 Å². The lowest BCUT2D eigenvalue weighted by Crippen LogP contribution is -2.61. The second kappa shape index (κ2) is 4.84. The third kappa shape index (κ3) is 2.64. The summed E-state index contributed by atoms with van der Waals surface area (Å²) in [6.07, 6.45) is 0.974. The monoisotopic (exact) mass is 254 g/mol. The Balaban J connectivity index is 2.29. The summed E-state index contributed by atoms with van der Waals surface area (Å²) in [5.74, 6) is -1.57. The number of rotatable bonds is 2. The lowest BCUT2D eigenvalue weighted by molar-refractivity contribution is 0.306. The maximum Gasteiger partial charge on any atom is 0.160 e. The molecule has 0 radical (unpaired) electrons. The van der Waals surface area contributed by atoms with Gasteiger partial charge in [0.05, 0.1) is 0 Å². The van der Waals surface area contributed by atoms with Gasteiger partial charge in [0.15, 0.2) is 11.6 Å². The van der Waals surface area contributed by atoms with Crippen LogP contribution in [0.15, 0.2) is 18.2 Å². The van der Waals surface area contributed by atoms with Crippen molar-refractivity contribution in [2.75, 3.05) is 18.0 Å². The van der Waals surface area contributed by atoms with Gasteiger partial charge in [0, 0.05) is 36.4 Å². The average molecular weight is 254 g/mol. The van der Waals surface area contributed by atoms with E-state index < -0.39 is 11.6 Å². The van der Waals surface area contributed by atoms with E-state index in [2.05, 4.69) is 31.0 Å². The number of anilines is 1. The van der Waals surface area contributed by atoms with Gasteiger partial charge in [-0.05, 0) is 32.4 Å². The zero-order valence-corrected chi connectivity index (χ0v) is 11.1. The normalized spacial score (nSPS) is 23.2. The van der Waals surface area contributed by atoms with E-state index >= 15 is 0 Å². The molecule has 0 aromatic heterocycles. The van der Waals surface area contributed by atoms with E-state index in [4.69, 9.17) is 0 Å². The molecule has 0 spiro atoms. The van der Waals surface area contributed by atoms with Gasteiger partial charge in [-0.15, -0.1) is 0 Å². The zero-order chi connectivity index (χ0) is 13.3. The van der Waals surface area contributed by atoms with Crippen LogP contribution in [0.1, 0.15) is 27.2 Å². The van der Waals surface area contributed by atoms with Gasteiger partial charge in [-0.3, -0.25) is 0 Å². The largest absolute Gasteiger partial charge is 0.365 e. The Bertz CT molecular complexity index is 432. The summed E-state index contributed by atoms with van der Waals surface area (Å²) in [5.41, 5.74) is 0.742. The molecular weight excluding hydrogens is 234 g/mol. The van der Waals surface area contributed by atoms with Crippen LogP contribution in [0.2, 0.25) is 0 Å². The van der Waals surface area contributed by atoms with E-state index in [9.17, 15) is 8.78 Å². The van der Waals surface area contributed by atoms with E-state index in [1.54, 1.807) is 6.07 Å². The third-order valence-electron chi connectivity index (χ3n) is 3.53. The van der Waals surface area contributed by atoms with Crippen molar-refractivity contribution < 1.29 is 8.78 Å². The summed E-state index contributed by atoms with van der Waals surface area (Å²) in [6.45, 7) is 7.99. The molecule has 1 aromatic rings. The van der Waals surface area contributed by atoms with E-state index in [1.165, 1.54) is 12.1 Å². The molecule has 0 amide bonds. The van der Waals surface area contributed by atoms with Crippen LogP contribution in [-0.4, -0.2) is 24.7 Å². The van der Waals surface area contributed by atoms with Gasteiger partial charge in [-0.2, -0.15) is 0 Å². The summed E-state index contributed by atoms with van der Waals surface area (Å²) in [7, 11) is 0. The predicted molar refractivity (Wildman–Crippen MR) is 69.9 cm³/mol. The molecule has 2 rings (SSSR count). The number of nitrogens with zero attached hydrogens (tertiary/aromatic N) is 1. The van der Waals surface area contributed by atoms with Crippen LogP contribution in [0, 0.1) is 11.6 Å². The molecule has 0 saturated carbocycles. The minimum Gasteiger partial charge on any atom is -0.365 e. The van der Waals surface area contributed by atoms with Crippen LogP contribution in [0.5, 0.6) is 0 Å². The smallest absolute Gasteiger partial charge is 0.160 e. The Kier molecular flexibility index (Phi) is 3.57. The fourth-order valence-electron chi connectivity index (χ4n) is 2.45. The van der Waals surface area contributed by atoms with Crippen LogP contribution in [0.3, 0.4) is 0 Å². The summed E-state index contributed by atoms with van der Waals surface area (Å²) in [6, 6.07) is 4.47. The Morgan fingerprint density at radius 3 is 2.67 bits per heavy atom. The van der Waals surface area contributed by atoms with Crippen molar-refractivity contribution >= 4 is 5.69 Å². The fraction of sp³-hybridized carbons (Fsp3) is 0.571. The fourth-order valence-corrected chi connectivity index (χ4v) is 2.45. The van der Waals surface area contributed by atoms with Crippen LogP contribution in [-0.2, 0) is 0 Å². The molecule has 4 heteroatoms. The van der Waals surface area contributed by atoms with E-state index in [-0.39, 0.29) is 5.54 Å². The standard InChI is InChI=1S/C14H20F2N2/c1-4-10-8-17-14(2,3)9-18(10)11-5-6-12(15)13(16)7-11/h5-7,10,17H,4,8-9H2,1-3H3. The molecule has 1 unspecified atom stereocenters. The molecule has 1 atom stereocenters. The first kappa shape index (κ1) is 13.3. The van der Waals surface area contributed by atoms with Gasteiger partial charge in [0.1, 0.15) is 0 Å². The molecule has 1 saturated heterocycles. The summed E-state index contributed by atoms with van der Waals surface area (Å²) >= 11 is 0. The Labute approximate surface area is 107 Å². The lowest BCUT2D eigenvalue weighted by atomic mass is 9.97. The Morgan fingerprint density at radius 1 is 1.33 bits per heavy atom. The molecule has 0 aliphatic carbocycles. The minimum absolute atomic E-state index is 0.0173. The van der Waals surface area contributed by atoms with Crippen molar-refractivity contribution in [2.45, 2.75) is 38.8 Å². The van der Waals surface area contributed by atoms with Gasteiger partial charge >= 0.3 is 0 Å². The second-order valence-electron chi connectivity index (χ2n) is 5.55. The molecule has 18 heavy (non-hydrogen) atoms. The van der Waals surface area contributed by atoms with Crippen molar-refractivity contribution in [2.24, 2.45) is 0 Å². The van der Waals surface area contributed by atoms with Gasteiger partial charge in [-0.1, -0.05) is 6.92 Å². The zero-order valence-electron chi connectivity index (χ0n) is 11.1. The molecule has 0 bridgehead atoms. The van der Waals surface area contributed by atoms with E-state index in [0.717, 1.165) is 25.2 Å². The average Bonchev–Trinajstić information content (AvgIpc) is 2.32. The molecule has 100 valence electrons. The lowest BCUT2D eigenvalue weighted by Gasteiger charge is -2.45. The molecule has 1 fully saturated rings. The van der Waals surface area contributed by atoms with Crippen LogP contribution < -0.4 is 10.2 Å². The van der Waals surface area contributed by atoms with Crippen LogP contribution >= 0.6 is 0 Å². The summed E-state index contributed by atoms with van der Waals surface area (Å²) in [5, 5.41) is 3.48. The summed E-state index contributed by atoms with van der Waals surface area (Å²) in [4.78, 5) is 2.17. The molecular formula is C14H20F2N2.